The number of benzene rings is 1. The Morgan fingerprint density at radius 3 is 2.22 bits per heavy atom. The summed E-state index contributed by atoms with van der Waals surface area (Å²) in [6, 6.07) is 4.10. The molecule has 1 aromatic carbocycles. The summed E-state index contributed by atoms with van der Waals surface area (Å²) in [5.41, 5.74) is 0.200. The number of aliphatic hydroxyl groups is 1. The first-order valence-electron chi connectivity index (χ1n) is 13.3. The first kappa shape index (κ1) is 28.7. The maximum atomic E-state index is 12.5. The van der Waals surface area contributed by atoms with Crippen LogP contribution >= 0.6 is 0 Å². The zero-order chi connectivity index (χ0) is 27.1. The molecule has 2 aromatic rings. The van der Waals surface area contributed by atoms with Crippen molar-refractivity contribution >= 4 is 31.0 Å². The fraction of sp³-hybridized carbons (Fsp3) is 0.714. The number of aromatic nitrogens is 2. The first-order chi connectivity index (χ1) is 16.4. The van der Waals surface area contributed by atoms with Gasteiger partial charge in [0.25, 0.3) is 0 Å². The Bertz CT molecular complexity index is 1070. The third-order valence-electron chi connectivity index (χ3n) is 7.63. The summed E-state index contributed by atoms with van der Waals surface area (Å²) in [6.45, 7) is 21.3. The van der Waals surface area contributed by atoms with E-state index in [4.69, 9.17) is 14.3 Å². The van der Waals surface area contributed by atoms with Crippen molar-refractivity contribution in [2.75, 3.05) is 11.9 Å². The largest absolute Gasteiger partial charge is 0.444 e. The van der Waals surface area contributed by atoms with Gasteiger partial charge in [-0.25, -0.2) is 4.79 Å². The van der Waals surface area contributed by atoms with Gasteiger partial charge in [-0.2, -0.15) is 5.10 Å². The van der Waals surface area contributed by atoms with Crippen LogP contribution < -0.4 is 5.32 Å². The number of anilines is 1. The molecule has 7 nitrogen and oxygen atoms in total. The molecule has 0 aliphatic heterocycles. The molecule has 8 heteroatoms. The molecule has 1 aromatic heterocycles. The maximum Gasteiger partial charge on any atom is 0.412 e. The summed E-state index contributed by atoms with van der Waals surface area (Å²) >= 11 is 0. The third-order valence-corrected chi connectivity index (χ3v) is 12.1. The van der Waals surface area contributed by atoms with Crippen LogP contribution in [-0.2, 0) is 14.8 Å². The second-order valence-corrected chi connectivity index (χ2v) is 18.3. The zero-order valence-corrected chi connectivity index (χ0v) is 25.0. The van der Waals surface area contributed by atoms with Crippen LogP contribution in [0.4, 0.5) is 10.5 Å². The fourth-order valence-corrected chi connectivity index (χ4v) is 5.51. The molecule has 0 unspecified atom stereocenters. The van der Waals surface area contributed by atoms with E-state index in [0.29, 0.717) is 23.2 Å². The number of hydrogen-bond acceptors (Lipinski definition) is 5. The summed E-state index contributed by atoms with van der Waals surface area (Å²) in [7, 11) is -1.72. The molecule has 2 N–H and O–H groups in total. The standard InChI is InChI=1S/C28H47N3O4Si/c1-26(2,3)35-25(32)29-24-15-20-17-31(30-23(20)16-22(24)28(7,8)33)21-13-11-19(12-14-21)18-34-36(9,10)27(4,5)6/h15-17,19,21,33H,11-14,18H2,1-10H3,(H,29,32). The molecule has 1 aliphatic rings. The second kappa shape index (κ2) is 10.1. The highest BCUT2D eigenvalue weighted by atomic mass is 28.4. The van der Waals surface area contributed by atoms with E-state index in [1.807, 2.05) is 32.9 Å². The molecule has 0 radical (unpaired) electrons. The SMILES string of the molecule is CC(C)(C)OC(=O)Nc1cc2cn(C3CCC(CO[Si](C)(C)C(C)(C)C)CC3)nc2cc1C(C)(C)O. The summed E-state index contributed by atoms with van der Waals surface area (Å²) in [6.07, 6.45) is 5.92. The van der Waals surface area contributed by atoms with Gasteiger partial charge >= 0.3 is 6.09 Å². The van der Waals surface area contributed by atoms with Crippen LogP contribution in [0.15, 0.2) is 18.3 Å². The highest BCUT2D eigenvalue weighted by molar-refractivity contribution is 6.74. The van der Waals surface area contributed by atoms with E-state index in [0.717, 1.165) is 43.2 Å². The normalized spacial score (nSPS) is 20.0. The molecule has 3 rings (SSSR count). The molecule has 0 saturated heterocycles. The lowest BCUT2D eigenvalue weighted by Crippen LogP contribution is -2.42. The van der Waals surface area contributed by atoms with Gasteiger partial charge < -0.3 is 14.3 Å². The highest BCUT2D eigenvalue weighted by Crippen LogP contribution is 2.39. The van der Waals surface area contributed by atoms with Crippen LogP contribution in [0.1, 0.15) is 92.7 Å². The predicted molar refractivity (Wildman–Crippen MR) is 149 cm³/mol. The lowest BCUT2D eigenvalue weighted by atomic mass is 9.87. The van der Waals surface area contributed by atoms with Gasteiger partial charge in [0.15, 0.2) is 8.32 Å². The Balaban J connectivity index is 1.73. The van der Waals surface area contributed by atoms with Crippen molar-refractivity contribution in [2.45, 2.75) is 116 Å². The van der Waals surface area contributed by atoms with Crippen LogP contribution in [0.25, 0.3) is 10.9 Å². The molecule has 0 spiro atoms. The molecule has 1 amide bonds. The van der Waals surface area contributed by atoms with Crippen molar-refractivity contribution in [3.05, 3.63) is 23.9 Å². The van der Waals surface area contributed by atoms with Crippen molar-refractivity contribution in [1.82, 2.24) is 9.78 Å². The van der Waals surface area contributed by atoms with Crippen LogP contribution in [0.2, 0.25) is 18.1 Å². The van der Waals surface area contributed by atoms with E-state index < -0.39 is 25.6 Å². The Labute approximate surface area is 218 Å². The average Bonchev–Trinajstić information content (AvgIpc) is 3.12. The van der Waals surface area contributed by atoms with Gasteiger partial charge in [-0.15, -0.1) is 0 Å². The second-order valence-electron chi connectivity index (χ2n) is 13.5. The summed E-state index contributed by atoms with van der Waals surface area (Å²) in [4.78, 5) is 12.5. The molecule has 1 heterocycles. The molecule has 36 heavy (non-hydrogen) atoms. The zero-order valence-electron chi connectivity index (χ0n) is 24.0. The number of rotatable bonds is 6. The van der Waals surface area contributed by atoms with Crippen molar-refractivity contribution in [3.63, 3.8) is 0 Å². The van der Waals surface area contributed by atoms with Gasteiger partial charge in [-0.3, -0.25) is 10.00 Å². The van der Waals surface area contributed by atoms with Gasteiger partial charge in [0.05, 0.1) is 22.8 Å². The number of carbonyl (C=O) groups is 1. The lowest BCUT2D eigenvalue weighted by molar-refractivity contribution is 0.0632. The van der Waals surface area contributed by atoms with Crippen LogP contribution in [0.5, 0.6) is 0 Å². The summed E-state index contributed by atoms with van der Waals surface area (Å²) < 4.78 is 14.0. The lowest BCUT2D eigenvalue weighted by Gasteiger charge is -2.38. The Hall–Kier alpha value is -1.90. The van der Waals surface area contributed by atoms with E-state index in [1.54, 1.807) is 13.8 Å². The number of fused-ring (bicyclic) bond motifs is 1. The Morgan fingerprint density at radius 1 is 1.08 bits per heavy atom. The van der Waals surface area contributed by atoms with Crippen molar-refractivity contribution in [1.29, 1.82) is 0 Å². The summed E-state index contributed by atoms with van der Waals surface area (Å²) in [5, 5.41) is 19.6. The Kier molecular flexibility index (Phi) is 8.04. The Morgan fingerprint density at radius 2 is 1.69 bits per heavy atom. The minimum Gasteiger partial charge on any atom is -0.444 e. The molecule has 1 fully saturated rings. The van der Waals surface area contributed by atoms with Gasteiger partial charge in [0.2, 0.25) is 0 Å². The number of amides is 1. The molecular formula is C28H47N3O4Si. The van der Waals surface area contributed by atoms with Crippen molar-refractivity contribution in [3.8, 4) is 0 Å². The van der Waals surface area contributed by atoms with Gasteiger partial charge in [-0.05, 0) is 96.5 Å². The van der Waals surface area contributed by atoms with E-state index in [2.05, 4.69) is 50.1 Å². The maximum absolute atomic E-state index is 12.5. The predicted octanol–water partition coefficient (Wildman–Crippen LogP) is 7.36. The monoisotopic (exact) mass is 517 g/mol. The molecule has 0 atom stereocenters. The van der Waals surface area contributed by atoms with E-state index >= 15 is 0 Å². The molecule has 1 saturated carbocycles. The minimum absolute atomic E-state index is 0.235. The summed E-state index contributed by atoms with van der Waals surface area (Å²) in [5.74, 6) is 0.603. The topological polar surface area (TPSA) is 85.6 Å². The molecule has 202 valence electrons. The molecular weight excluding hydrogens is 470 g/mol. The van der Waals surface area contributed by atoms with Crippen LogP contribution in [-0.4, -0.2) is 41.5 Å². The van der Waals surface area contributed by atoms with Crippen LogP contribution in [0, 0.1) is 5.92 Å². The minimum atomic E-state index is -1.72. The number of carbonyl (C=O) groups excluding carboxylic acids is 1. The van der Waals surface area contributed by atoms with E-state index in [1.165, 1.54) is 0 Å². The van der Waals surface area contributed by atoms with Crippen molar-refractivity contribution in [2.24, 2.45) is 5.92 Å². The average molecular weight is 518 g/mol. The number of nitrogens with zero attached hydrogens (tertiary/aromatic N) is 2. The number of nitrogens with one attached hydrogen (secondary N) is 1. The fourth-order valence-electron chi connectivity index (χ4n) is 4.42. The third kappa shape index (κ3) is 7.10. The highest BCUT2D eigenvalue weighted by Gasteiger charge is 2.38. The number of hydrogen-bond donors (Lipinski definition) is 2. The van der Waals surface area contributed by atoms with Gasteiger partial charge in [0.1, 0.15) is 5.60 Å². The first-order valence-corrected chi connectivity index (χ1v) is 16.2. The van der Waals surface area contributed by atoms with Crippen LogP contribution in [0.3, 0.4) is 0 Å². The van der Waals surface area contributed by atoms with E-state index in [-0.39, 0.29) is 5.04 Å². The van der Waals surface area contributed by atoms with Gasteiger partial charge in [0, 0.05) is 23.8 Å². The molecule has 1 aliphatic carbocycles. The number of ether oxygens (including phenoxy) is 1. The van der Waals surface area contributed by atoms with E-state index in [9.17, 15) is 9.90 Å². The van der Waals surface area contributed by atoms with Gasteiger partial charge in [-0.1, -0.05) is 20.8 Å². The quantitative estimate of drug-likeness (QED) is 0.391. The molecule has 0 bridgehead atoms. The smallest absolute Gasteiger partial charge is 0.412 e. The van der Waals surface area contributed by atoms with Crippen molar-refractivity contribution < 1.29 is 19.1 Å².